The fraction of sp³-hybridized carbons (Fsp3) is 0.571. The van der Waals surface area contributed by atoms with Crippen molar-refractivity contribution < 1.29 is 23.8 Å². The van der Waals surface area contributed by atoms with E-state index in [1.54, 1.807) is 6.07 Å². The van der Waals surface area contributed by atoms with E-state index in [4.69, 9.17) is 14.2 Å². The summed E-state index contributed by atoms with van der Waals surface area (Å²) < 4.78 is 16.6. The SMILES string of the molecule is CCNC(=O)OC1COC2C(NC(=O)c3cccs3)COC12. The van der Waals surface area contributed by atoms with E-state index >= 15 is 0 Å². The first kappa shape index (κ1) is 15.3. The van der Waals surface area contributed by atoms with Gasteiger partial charge in [-0.15, -0.1) is 11.3 Å². The van der Waals surface area contributed by atoms with E-state index < -0.39 is 12.2 Å². The normalized spacial score (nSPS) is 29.9. The van der Waals surface area contributed by atoms with Crippen LogP contribution in [0, 0.1) is 0 Å². The molecule has 2 amide bonds. The number of ether oxygens (including phenoxy) is 3. The van der Waals surface area contributed by atoms with Crippen molar-refractivity contribution >= 4 is 23.3 Å². The van der Waals surface area contributed by atoms with Crippen LogP contribution in [0.2, 0.25) is 0 Å². The summed E-state index contributed by atoms with van der Waals surface area (Å²) in [5.74, 6) is -0.138. The second kappa shape index (κ2) is 6.64. The Morgan fingerprint density at radius 2 is 2.18 bits per heavy atom. The van der Waals surface area contributed by atoms with Gasteiger partial charge in [0.2, 0.25) is 0 Å². The zero-order valence-electron chi connectivity index (χ0n) is 12.1. The van der Waals surface area contributed by atoms with Gasteiger partial charge in [-0.2, -0.15) is 0 Å². The van der Waals surface area contributed by atoms with Gasteiger partial charge in [-0.25, -0.2) is 4.79 Å². The van der Waals surface area contributed by atoms with E-state index in [0.717, 1.165) is 0 Å². The average Bonchev–Trinajstić information content (AvgIpc) is 3.19. The van der Waals surface area contributed by atoms with Crippen LogP contribution in [0.25, 0.3) is 0 Å². The minimum absolute atomic E-state index is 0.138. The van der Waals surface area contributed by atoms with Crippen LogP contribution in [-0.2, 0) is 14.2 Å². The van der Waals surface area contributed by atoms with Gasteiger partial charge in [-0.05, 0) is 18.4 Å². The van der Waals surface area contributed by atoms with Crippen molar-refractivity contribution in [2.24, 2.45) is 0 Å². The van der Waals surface area contributed by atoms with Crippen LogP contribution in [0.1, 0.15) is 16.6 Å². The molecule has 0 spiro atoms. The summed E-state index contributed by atoms with van der Waals surface area (Å²) in [6.07, 6.45) is -1.55. The minimum Gasteiger partial charge on any atom is -0.441 e. The third-order valence-electron chi connectivity index (χ3n) is 3.65. The number of fused-ring (bicyclic) bond motifs is 1. The van der Waals surface area contributed by atoms with Crippen LogP contribution < -0.4 is 10.6 Å². The topological polar surface area (TPSA) is 85.9 Å². The molecule has 0 aromatic carbocycles. The van der Waals surface area contributed by atoms with Gasteiger partial charge in [0.25, 0.3) is 5.91 Å². The molecule has 3 heterocycles. The fourth-order valence-corrected chi connectivity index (χ4v) is 3.29. The number of carbonyl (C=O) groups excluding carboxylic acids is 2. The Kier molecular flexibility index (Phi) is 4.60. The van der Waals surface area contributed by atoms with Gasteiger partial charge in [0, 0.05) is 6.54 Å². The molecule has 2 N–H and O–H groups in total. The van der Waals surface area contributed by atoms with E-state index in [2.05, 4.69) is 10.6 Å². The largest absolute Gasteiger partial charge is 0.441 e. The average molecular weight is 326 g/mol. The number of alkyl carbamates (subject to hydrolysis) is 1. The Labute approximate surface area is 131 Å². The maximum atomic E-state index is 12.1. The smallest absolute Gasteiger partial charge is 0.407 e. The first-order valence-electron chi connectivity index (χ1n) is 7.21. The molecular formula is C14H18N2O5S. The quantitative estimate of drug-likeness (QED) is 0.853. The summed E-state index contributed by atoms with van der Waals surface area (Å²) in [6.45, 7) is 2.94. The molecule has 120 valence electrons. The van der Waals surface area contributed by atoms with Crippen molar-refractivity contribution in [1.82, 2.24) is 10.6 Å². The highest BCUT2D eigenvalue weighted by atomic mass is 32.1. The number of hydrogen-bond acceptors (Lipinski definition) is 6. The molecule has 7 nitrogen and oxygen atoms in total. The molecule has 0 saturated carbocycles. The maximum absolute atomic E-state index is 12.1. The number of thiophene rings is 1. The number of amides is 2. The first-order valence-corrected chi connectivity index (χ1v) is 8.09. The molecule has 22 heavy (non-hydrogen) atoms. The van der Waals surface area contributed by atoms with Crippen molar-refractivity contribution in [2.45, 2.75) is 31.3 Å². The zero-order chi connectivity index (χ0) is 15.5. The van der Waals surface area contributed by atoms with E-state index in [9.17, 15) is 9.59 Å². The lowest BCUT2D eigenvalue weighted by molar-refractivity contribution is 0.00408. The van der Waals surface area contributed by atoms with Crippen LogP contribution in [0.5, 0.6) is 0 Å². The highest BCUT2D eigenvalue weighted by Gasteiger charge is 2.50. The molecule has 0 radical (unpaired) electrons. The predicted octanol–water partition coefficient (Wildman–Crippen LogP) is 0.759. The van der Waals surface area contributed by atoms with Crippen LogP contribution in [0.15, 0.2) is 17.5 Å². The van der Waals surface area contributed by atoms with Gasteiger partial charge in [-0.1, -0.05) is 6.07 Å². The van der Waals surface area contributed by atoms with Crippen molar-refractivity contribution in [1.29, 1.82) is 0 Å². The lowest BCUT2D eigenvalue weighted by Crippen LogP contribution is -2.44. The molecule has 1 aromatic rings. The van der Waals surface area contributed by atoms with Crippen molar-refractivity contribution in [3.8, 4) is 0 Å². The highest BCUT2D eigenvalue weighted by Crippen LogP contribution is 2.29. The Hall–Kier alpha value is -1.64. The summed E-state index contributed by atoms with van der Waals surface area (Å²) in [7, 11) is 0. The Balaban J connectivity index is 1.56. The molecule has 1 aromatic heterocycles. The van der Waals surface area contributed by atoms with Gasteiger partial charge in [-0.3, -0.25) is 4.79 Å². The predicted molar refractivity (Wildman–Crippen MR) is 79.0 cm³/mol. The highest BCUT2D eigenvalue weighted by molar-refractivity contribution is 7.12. The lowest BCUT2D eigenvalue weighted by Gasteiger charge is -2.17. The van der Waals surface area contributed by atoms with Crippen molar-refractivity contribution in [3.05, 3.63) is 22.4 Å². The van der Waals surface area contributed by atoms with Gasteiger partial charge < -0.3 is 24.8 Å². The molecule has 4 unspecified atom stereocenters. The monoisotopic (exact) mass is 326 g/mol. The number of hydrogen-bond donors (Lipinski definition) is 2. The van der Waals surface area contributed by atoms with Crippen LogP contribution >= 0.6 is 11.3 Å². The minimum atomic E-state index is -0.480. The van der Waals surface area contributed by atoms with Crippen LogP contribution in [0.4, 0.5) is 4.79 Å². The van der Waals surface area contributed by atoms with E-state index in [0.29, 0.717) is 18.0 Å². The second-order valence-electron chi connectivity index (χ2n) is 5.13. The third-order valence-corrected chi connectivity index (χ3v) is 4.52. The summed E-state index contributed by atoms with van der Waals surface area (Å²) in [4.78, 5) is 24.2. The third kappa shape index (κ3) is 3.08. The summed E-state index contributed by atoms with van der Waals surface area (Å²) in [5.41, 5.74) is 0. The molecule has 2 aliphatic heterocycles. The van der Waals surface area contributed by atoms with Crippen molar-refractivity contribution in [2.75, 3.05) is 19.8 Å². The van der Waals surface area contributed by atoms with Gasteiger partial charge >= 0.3 is 6.09 Å². The Bertz CT molecular complexity index is 535. The molecular weight excluding hydrogens is 308 g/mol. The molecule has 2 fully saturated rings. The molecule has 8 heteroatoms. The molecule has 0 bridgehead atoms. The van der Waals surface area contributed by atoms with Crippen LogP contribution in [-0.4, -0.2) is 56.1 Å². The van der Waals surface area contributed by atoms with E-state index in [1.165, 1.54) is 11.3 Å². The zero-order valence-corrected chi connectivity index (χ0v) is 12.9. The lowest BCUT2D eigenvalue weighted by atomic mass is 10.1. The van der Waals surface area contributed by atoms with Gasteiger partial charge in [0.15, 0.2) is 6.10 Å². The molecule has 3 rings (SSSR count). The maximum Gasteiger partial charge on any atom is 0.407 e. The Morgan fingerprint density at radius 3 is 2.91 bits per heavy atom. The summed E-state index contributed by atoms with van der Waals surface area (Å²) in [5, 5.41) is 7.34. The number of carbonyl (C=O) groups is 2. The standard InChI is InChI=1S/C14H18N2O5S/c1-2-15-14(18)21-9-7-20-11-8(6-19-12(9)11)16-13(17)10-4-3-5-22-10/h3-5,8-9,11-12H,2,6-7H2,1H3,(H,15,18)(H,16,17). The Morgan fingerprint density at radius 1 is 1.36 bits per heavy atom. The van der Waals surface area contributed by atoms with Gasteiger partial charge in [0.05, 0.1) is 24.1 Å². The molecule has 2 saturated heterocycles. The molecule has 4 atom stereocenters. The van der Waals surface area contributed by atoms with Gasteiger partial charge in [0.1, 0.15) is 12.2 Å². The summed E-state index contributed by atoms with van der Waals surface area (Å²) >= 11 is 1.38. The van der Waals surface area contributed by atoms with E-state index in [1.807, 2.05) is 18.4 Å². The van der Waals surface area contributed by atoms with Crippen LogP contribution in [0.3, 0.4) is 0 Å². The fourth-order valence-electron chi connectivity index (χ4n) is 2.66. The second-order valence-corrected chi connectivity index (χ2v) is 6.07. The molecule has 2 aliphatic rings. The van der Waals surface area contributed by atoms with Crippen molar-refractivity contribution in [3.63, 3.8) is 0 Å². The first-order chi connectivity index (χ1) is 10.7. The molecule has 0 aliphatic carbocycles. The van der Waals surface area contributed by atoms with E-state index in [-0.39, 0.29) is 30.8 Å². The number of nitrogens with one attached hydrogen (secondary N) is 2. The summed E-state index contributed by atoms with van der Waals surface area (Å²) in [6, 6.07) is 3.36. The number of rotatable bonds is 4.